The molecule has 0 aliphatic heterocycles. The van der Waals surface area contributed by atoms with Crippen LogP contribution < -0.4 is 10.0 Å². The smallest absolute Gasteiger partial charge is 0.0182 e. The van der Waals surface area contributed by atoms with Crippen molar-refractivity contribution in [1.29, 1.82) is 0 Å². The van der Waals surface area contributed by atoms with Crippen LogP contribution in [0.2, 0.25) is 0 Å². The Morgan fingerprint density at radius 2 is 2.00 bits per heavy atom. The van der Waals surface area contributed by atoms with E-state index in [1.54, 1.807) is 0 Å². The summed E-state index contributed by atoms with van der Waals surface area (Å²) in [5.74, 6) is 0. The van der Waals surface area contributed by atoms with E-state index in [0.29, 0.717) is 6.04 Å². The van der Waals surface area contributed by atoms with Gasteiger partial charge in [-0.1, -0.05) is 26.7 Å². The molecule has 0 spiro atoms. The highest BCUT2D eigenvalue weighted by atomic mass is 32.1. The Morgan fingerprint density at radius 3 is 2.38 bits per heavy atom. The summed E-state index contributed by atoms with van der Waals surface area (Å²) in [6, 6.07) is 0.580. The maximum atomic E-state index is 3.83. The van der Waals surface area contributed by atoms with Gasteiger partial charge in [0.2, 0.25) is 0 Å². The van der Waals surface area contributed by atoms with Gasteiger partial charge in [0.15, 0.2) is 0 Å². The minimum Gasteiger partial charge on any atom is -0.313 e. The summed E-state index contributed by atoms with van der Waals surface area (Å²) in [6.45, 7) is 6.15. The Hall–Kier alpha value is 0.270. The van der Waals surface area contributed by atoms with Crippen LogP contribution >= 0.6 is 12.8 Å². The van der Waals surface area contributed by atoms with E-state index in [4.69, 9.17) is 0 Å². The Balaban J connectivity index is 2.72. The molecule has 50 valence electrons. The standard InChI is InChI=1S/C5H14N2S/c1-5(2)6-3-4-7-8/h5-8H,3-4H2,1-2H3. The van der Waals surface area contributed by atoms with Crippen molar-refractivity contribution in [2.45, 2.75) is 19.9 Å². The number of rotatable bonds is 4. The van der Waals surface area contributed by atoms with Gasteiger partial charge < -0.3 is 5.32 Å². The molecule has 0 fully saturated rings. The van der Waals surface area contributed by atoms with Crippen molar-refractivity contribution < 1.29 is 0 Å². The van der Waals surface area contributed by atoms with E-state index in [9.17, 15) is 0 Å². The Labute approximate surface area is 56.6 Å². The Morgan fingerprint density at radius 1 is 1.38 bits per heavy atom. The van der Waals surface area contributed by atoms with Gasteiger partial charge in [0.25, 0.3) is 0 Å². The maximum Gasteiger partial charge on any atom is 0.0182 e. The van der Waals surface area contributed by atoms with Crippen molar-refractivity contribution in [2.75, 3.05) is 13.1 Å². The van der Waals surface area contributed by atoms with Crippen molar-refractivity contribution in [1.82, 2.24) is 10.0 Å². The van der Waals surface area contributed by atoms with E-state index in [-0.39, 0.29) is 0 Å². The predicted octanol–water partition coefficient (Wildman–Crippen LogP) is 0.419. The minimum absolute atomic E-state index is 0.580. The van der Waals surface area contributed by atoms with Gasteiger partial charge in [0.05, 0.1) is 0 Å². The third-order valence-corrected chi connectivity index (χ3v) is 1.01. The third kappa shape index (κ3) is 6.27. The van der Waals surface area contributed by atoms with E-state index in [2.05, 4.69) is 36.7 Å². The van der Waals surface area contributed by atoms with Crippen LogP contribution in [0.15, 0.2) is 0 Å². The Bertz CT molecular complexity index is 47.7. The van der Waals surface area contributed by atoms with Gasteiger partial charge in [-0.3, -0.25) is 4.72 Å². The molecule has 0 amide bonds. The quantitative estimate of drug-likeness (QED) is 0.383. The molecule has 0 saturated carbocycles. The van der Waals surface area contributed by atoms with Gasteiger partial charge in [-0.05, 0) is 0 Å². The zero-order valence-corrected chi connectivity index (χ0v) is 6.33. The molecule has 0 aromatic rings. The van der Waals surface area contributed by atoms with Crippen molar-refractivity contribution >= 4 is 12.8 Å². The maximum absolute atomic E-state index is 3.83. The SMILES string of the molecule is CC(C)NCCNS. The van der Waals surface area contributed by atoms with Crippen LogP contribution in [-0.4, -0.2) is 19.1 Å². The number of hydrogen-bond acceptors (Lipinski definition) is 3. The molecule has 2 nitrogen and oxygen atoms in total. The average molecular weight is 134 g/mol. The Kier molecular flexibility index (Phi) is 5.59. The largest absolute Gasteiger partial charge is 0.313 e. The monoisotopic (exact) mass is 134 g/mol. The highest BCUT2D eigenvalue weighted by molar-refractivity contribution is 7.78. The van der Waals surface area contributed by atoms with E-state index in [1.165, 1.54) is 0 Å². The first-order chi connectivity index (χ1) is 3.77. The molecule has 0 aromatic heterocycles. The van der Waals surface area contributed by atoms with Crippen LogP contribution in [0.4, 0.5) is 0 Å². The molecule has 0 bridgehead atoms. The van der Waals surface area contributed by atoms with E-state index in [1.807, 2.05) is 0 Å². The van der Waals surface area contributed by atoms with Gasteiger partial charge in [-0.15, -0.1) is 0 Å². The first-order valence-corrected chi connectivity index (χ1v) is 3.32. The topological polar surface area (TPSA) is 24.1 Å². The van der Waals surface area contributed by atoms with Gasteiger partial charge in [-0.2, -0.15) is 0 Å². The molecule has 0 rings (SSSR count). The molecule has 0 heterocycles. The zero-order valence-electron chi connectivity index (χ0n) is 5.44. The molecule has 0 atom stereocenters. The molecule has 0 aromatic carbocycles. The third-order valence-electron chi connectivity index (χ3n) is 0.789. The van der Waals surface area contributed by atoms with Crippen molar-refractivity contribution in [2.24, 2.45) is 0 Å². The van der Waals surface area contributed by atoms with Crippen LogP contribution in [0.1, 0.15) is 13.8 Å². The molecule has 0 radical (unpaired) electrons. The second-order valence-electron chi connectivity index (χ2n) is 2.02. The minimum atomic E-state index is 0.580. The van der Waals surface area contributed by atoms with Crippen LogP contribution in [0.3, 0.4) is 0 Å². The van der Waals surface area contributed by atoms with Crippen LogP contribution in [0.25, 0.3) is 0 Å². The molecule has 0 saturated heterocycles. The van der Waals surface area contributed by atoms with E-state index in [0.717, 1.165) is 13.1 Å². The van der Waals surface area contributed by atoms with Crippen molar-refractivity contribution in [3.8, 4) is 0 Å². The van der Waals surface area contributed by atoms with Crippen LogP contribution in [0.5, 0.6) is 0 Å². The lowest BCUT2D eigenvalue weighted by Gasteiger charge is -2.05. The fraction of sp³-hybridized carbons (Fsp3) is 1.00. The van der Waals surface area contributed by atoms with Crippen molar-refractivity contribution in [3.05, 3.63) is 0 Å². The normalized spacial score (nSPS) is 10.5. The first kappa shape index (κ1) is 8.27. The summed E-state index contributed by atoms with van der Waals surface area (Å²) in [7, 11) is 0. The van der Waals surface area contributed by atoms with Gasteiger partial charge in [0.1, 0.15) is 0 Å². The van der Waals surface area contributed by atoms with Gasteiger partial charge in [0, 0.05) is 19.1 Å². The summed E-state index contributed by atoms with van der Waals surface area (Å²) < 4.78 is 2.76. The molecule has 0 aliphatic carbocycles. The van der Waals surface area contributed by atoms with E-state index >= 15 is 0 Å². The molecular weight excluding hydrogens is 120 g/mol. The molecular formula is C5H14N2S. The molecule has 3 heteroatoms. The summed E-state index contributed by atoms with van der Waals surface area (Å²) >= 11 is 3.83. The molecule has 0 aliphatic rings. The molecule has 8 heavy (non-hydrogen) atoms. The van der Waals surface area contributed by atoms with Crippen molar-refractivity contribution in [3.63, 3.8) is 0 Å². The highest BCUT2D eigenvalue weighted by Crippen LogP contribution is 1.72. The fourth-order valence-electron chi connectivity index (χ4n) is 0.417. The predicted molar refractivity (Wildman–Crippen MR) is 40.1 cm³/mol. The average Bonchev–Trinajstić information content (AvgIpc) is 1.66. The highest BCUT2D eigenvalue weighted by Gasteiger charge is 1.87. The summed E-state index contributed by atoms with van der Waals surface area (Å²) in [4.78, 5) is 0. The summed E-state index contributed by atoms with van der Waals surface area (Å²) in [5.41, 5.74) is 0. The lowest BCUT2D eigenvalue weighted by atomic mass is 10.4. The fourth-order valence-corrected chi connectivity index (χ4v) is 0.529. The number of thiol groups is 1. The molecule has 0 unspecified atom stereocenters. The summed E-state index contributed by atoms with van der Waals surface area (Å²) in [6.07, 6.45) is 0. The van der Waals surface area contributed by atoms with Gasteiger partial charge >= 0.3 is 0 Å². The summed E-state index contributed by atoms with van der Waals surface area (Å²) in [5, 5.41) is 3.24. The number of hydrogen-bond donors (Lipinski definition) is 3. The zero-order chi connectivity index (χ0) is 6.41. The number of nitrogens with one attached hydrogen (secondary N) is 2. The van der Waals surface area contributed by atoms with Gasteiger partial charge in [-0.25, -0.2) is 0 Å². The van der Waals surface area contributed by atoms with Crippen LogP contribution in [-0.2, 0) is 0 Å². The second-order valence-corrected chi connectivity index (χ2v) is 2.33. The first-order valence-electron chi connectivity index (χ1n) is 2.87. The van der Waals surface area contributed by atoms with E-state index < -0.39 is 0 Å². The lowest BCUT2D eigenvalue weighted by Crippen LogP contribution is -2.28. The van der Waals surface area contributed by atoms with Crippen LogP contribution in [0, 0.1) is 0 Å². The second kappa shape index (κ2) is 5.41. The molecule has 2 N–H and O–H groups in total. The lowest BCUT2D eigenvalue weighted by molar-refractivity contribution is 0.590.